The van der Waals surface area contributed by atoms with Crippen LogP contribution in [-0.2, 0) is 4.79 Å². The van der Waals surface area contributed by atoms with E-state index in [2.05, 4.69) is 42.4 Å². The van der Waals surface area contributed by atoms with Gasteiger partial charge >= 0.3 is 5.97 Å². The van der Waals surface area contributed by atoms with Crippen molar-refractivity contribution in [2.24, 2.45) is 5.10 Å². The van der Waals surface area contributed by atoms with Crippen LogP contribution in [0.5, 0.6) is 11.5 Å². The molecule has 0 fully saturated rings. The monoisotopic (exact) mass is 544 g/mol. The van der Waals surface area contributed by atoms with Crippen molar-refractivity contribution in [3.05, 3.63) is 92.4 Å². The first-order valence-corrected chi connectivity index (χ1v) is 10.8. The Labute approximate surface area is 196 Å². The molecule has 0 heterocycles. The van der Waals surface area contributed by atoms with E-state index in [4.69, 9.17) is 9.47 Å². The van der Waals surface area contributed by atoms with Crippen LogP contribution in [-0.4, -0.2) is 24.7 Å². The van der Waals surface area contributed by atoms with Crippen molar-refractivity contribution >= 4 is 50.0 Å². The molecule has 1 amide bonds. The Bertz CT molecular complexity index is 1110. The molecule has 0 aromatic heterocycles. The van der Waals surface area contributed by atoms with Crippen LogP contribution in [0.15, 0.2) is 80.8 Å². The van der Waals surface area contributed by atoms with E-state index < -0.39 is 11.9 Å². The Kier molecular flexibility index (Phi) is 7.97. The summed E-state index contributed by atoms with van der Waals surface area (Å²) in [6.07, 6.45) is 1.40. The van der Waals surface area contributed by atoms with Crippen molar-refractivity contribution in [3.63, 3.8) is 0 Å². The van der Waals surface area contributed by atoms with Crippen LogP contribution in [0.4, 0.5) is 0 Å². The van der Waals surface area contributed by atoms with Gasteiger partial charge in [-0.2, -0.15) is 5.10 Å². The van der Waals surface area contributed by atoms with E-state index in [0.717, 1.165) is 14.5 Å². The number of amides is 1. The summed E-state index contributed by atoms with van der Waals surface area (Å²) in [7, 11) is 0. The van der Waals surface area contributed by atoms with Gasteiger partial charge in [0.05, 0.1) is 11.8 Å². The molecule has 0 radical (unpaired) electrons. The summed E-state index contributed by atoms with van der Waals surface area (Å²) >= 11 is 6.71. The van der Waals surface area contributed by atoms with Gasteiger partial charge in [0.15, 0.2) is 6.61 Å². The zero-order chi connectivity index (χ0) is 22.2. The molecule has 6 nitrogen and oxygen atoms in total. The average Bonchev–Trinajstić information content (AvgIpc) is 2.75. The summed E-state index contributed by atoms with van der Waals surface area (Å²) in [4.78, 5) is 24.4. The molecule has 0 unspecified atom stereocenters. The highest BCUT2D eigenvalue weighted by Crippen LogP contribution is 2.23. The summed E-state index contributed by atoms with van der Waals surface area (Å²) in [6.45, 7) is 1.72. The Morgan fingerprint density at radius 3 is 2.42 bits per heavy atom. The largest absolute Gasteiger partial charge is 0.483 e. The quantitative estimate of drug-likeness (QED) is 0.190. The number of nitrogens with zero attached hydrogens (tertiary/aromatic N) is 1. The van der Waals surface area contributed by atoms with E-state index in [1.807, 2.05) is 25.1 Å². The lowest BCUT2D eigenvalue weighted by Gasteiger charge is -2.09. The van der Waals surface area contributed by atoms with Gasteiger partial charge in [0.25, 0.3) is 5.91 Å². The third kappa shape index (κ3) is 6.77. The molecule has 0 saturated heterocycles. The van der Waals surface area contributed by atoms with Crippen molar-refractivity contribution in [3.8, 4) is 11.5 Å². The van der Waals surface area contributed by atoms with E-state index in [9.17, 15) is 9.59 Å². The fourth-order valence-corrected chi connectivity index (χ4v) is 3.17. The van der Waals surface area contributed by atoms with Gasteiger partial charge in [-0.25, -0.2) is 10.2 Å². The topological polar surface area (TPSA) is 77.0 Å². The number of hydrazone groups is 1. The number of aryl methyl sites for hydroxylation is 1. The number of rotatable bonds is 7. The summed E-state index contributed by atoms with van der Waals surface area (Å²) < 4.78 is 12.6. The third-order valence-corrected chi connectivity index (χ3v) is 5.12. The summed E-state index contributed by atoms with van der Waals surface area (Å²) in [5.41, 5.74) is 4.27. The van der Waals surface area contributed by atoms with Crippen molar-refractivity contribution < 1.29 is 19.1 Å². The van der Waals surface area contributed by atoms with E-state index >= 15 is 0 Å². The standard InChI is InChI=1S/C23H18Br2N2O4/c1-15-4-2-3-5-20(15)30-14-22(28)27-26-13-17-12-19(25)10-11-21(17)31-23(29)16-6-8-18(24)9-7-16/h2-13H,14H2,1H3,(H,27,28)/b26-13+. The molecule has 0 saturated carbocycles. The number of benzene rings is 3. The zero-order valence-corrected chi connectivity index (χ0v) is 19.6. The number of halogens is 2. The normalized spacial score (nSPS) is 10.7. The molecular formula is C23H18Br2N2O4. The lowest BCUT2D eigenvalue weighted by molar-refractivity contribution is -0.123. The van der Waals surface area contributed by atoms with Gasteiger partial charge < -0.3 is 9.47 Å². The van der Waals surface area contributed by atoms with Crippen LogP contribution < -0.4 is 14.9 Å². The predicted octanol–water partition coefficient (Wildman–Crippen LogP) is 5.27. The third-order valence-electron chi connectivity index (χ3n) is 4.10. The second kappa shape index (κ2) is 10.9. The molecule has 0 bridgehead atoms. The minimum Gasteiger partial charge on any atom is -0.483 e. The van der Waals surface area contributed by atoms with Crippen LogP contribution in [0, 0.1) is 6.92 Å². The Morgan fingerprint density at radius 1 is 0.968 bits per heavy atom. The molecule has 0 aliphatic heterocycles. The van der Waals surface area contributed by atoms with Crippen molar-refractivity contribution in [1.29, 1.82) is 0 Å². The molecule has 158 valence electrons. The molecule has 3 aromatic rings. The average molecular weight is 546 g/mol. The molecular weight excluding hydrogens is 528 g/mol. The Balaban J connectivity index is 1.62. The fraction of sp³-hybridized carbons (Fsp3) is 0.0870. The first-order chi connectivity index (χ1) is 14.9. The first-order valence-electron chi connectivity index (χ1n) is 9.20. The minimum absolute atomic E-state index is 0.175. The Morgan fingerprint density at radius 2 is 1.68 bits per heavy atom. The maximum absolute atomic E-state index is 12.4. The second-order valence-electron chi connectivity index (χ2n) is 6.43. The van der Waals surface area contributed by atoms with Gasteiger partial charge in [0, 0.05) is 14.5 Å². The Hall–Kier alpha value is -2.97. The van der Waals surface area contributed by atoms with Gasteiger partial charge in [-0.05, 0) is 61.0 Å². The summed E-state index contributed by atoms with van der Waals surface area (Å²) in [5.74, 6) is 0.0316. The first kappa shape index (κ1) is 22.7. The number of esters is 1. The highest BCUT2D eigenvalue weighted by molar-refractivity contribution is 9.10. The van der Waals surface area contributed by atoms with Gasteiger partial charge in [-0.3, -0.25) is 4.79 Å². The van der Waals surface area contributed by atoms with E-state index in [1.54, 1.807) is 48.5 Å². The lowest BCUT2D eigenvalue weighted by atomic mass is 10.2. The van der Waals surface area contributed by atoms with Gasteiger partial charge in [-0.1, -0.05) is 50.1 Å². The minimum atomic E-state index is -0.500. The summed E-state index contributed by atoms with van der Waals surface area (Å²) in [6, 6.07) is 19.4. The SMILES string of the molecule is Cc1ccccc1OCC(=O)N/N=C/c1cc(Br)ccc1OC(=O)c1ccc(Br)cc1. The van der Waals surface area contributed by atoms with Crippen LogP contribution in [0.1, 0.15) is 21.5 Å². The van der Waals surface area contributed by atoms with E-state index in [1.165, 1.54) is 6.21 Å². The van der Waals surface area contributed by atoms with E-state index in [-0.39, 0.29) is 6.61 Å². The lowest BCUT2D eigenvalue weighted by Crippen LogP contribution is -2.24. The van der Waals surface area contributed by atoms with Crippen LogP contribution in [0.3, 0.4) is 0 Å². The maximum Gasteiger partial charge on any atom is 0.343 e. The van der Waals surface area contributed by atoms with Crippen molar-refractivity contribution in [2.75, 3.05) is 6.61 Å². The fourth-order valence-electron chi connectivity index (χ4n) is 2.53. The van der Waals surface area contributed by atoms with Gasteiger partial charge in [-0.15, -0.1) is 0 Å². The second-order valence-corrected chi connectivity index (χ2v) is 8.26. The zero-order valence-electron chi connectivity index (χ0n) is 16.5. The van der Waals surface area contributed by atoms with Crippen LogP contribution in [0.25, 0.3) is 0 Å². The van der Waals surface area contributed by atoms with Crippen LogP contribution >= 0.6 is 31.9 Å². The van der Waals surface area contributed by atoms with E-state index in [0.29, 0.717) is 22.6 Å². The molecule has 0 atom stereocenters. The molecule has 1 N–H and O–H groups in total. The molecule has 31 heavy (non-hydrogen) atoms. The summed E-state index contributed by atoms with van der Waals surface area (Å²) in [5, 5.41) is 3.95. The van der Waals surface area contributed by atoms with Crippen LogP contribution in [0.2, 0.25) is 0 Å². The maximum atomic E-state index is 12.4. The highest BCUT2D eigenvalue weighted by Gasteiger charge is 2.12. The molecule has 0 spiro atoms. The highest BCUT2D eigenvalue weighted by atomic mass is 79.9. The van der Waals surface area contributed by atoms with Gasteiger partial charge in [0.1, 0.15) is 11.5 Å². The number of hydrogen-bond acceptors (Lipinski definition) is 5. The number of ether oxygens (including phenoxy) is 2. The van der Waals surface area contributed by atoms with Gasteiger partial charge in [0.2, 0.25) is 0 Å². The number of hydrogen-bond donors (Lipinski definition) is 1. The number of para-hydroxylation sites is 1. The predicted molar refractivity (Wildman–Crippen MR) is 126 cm³/mol. The molecule has 0 aliphatic rings. The number of nitrogens with one attached hydrogen (secondary N) is 1. The van der Waals surface area contributed by atoms with Crippen molar-refractivity contribution in [1.82, 2.24) is 5.43 Å². The number of carbonyl (C=O) groups excluding carboxylic acids is 2. The molecule has 3 aromatic carbocycles. The molecule has 3 rings (SSSR count). The smallest absolute Gasteiger partial charge is 0.343 e. The van der Waals surface area contributed by atoms with Crippen molar-refractivity contribution in [2.45, 2.75) is 6.92 Å². The molecule has 0 aliphatic carbocycles. The number of carbonyl (C=O) groups is 2. The molecule has 8 heteroatoms.